The third-order valence-electron chi connectivity index (χ3n) is 3.15. The van der Waals surface area contributed by atoms with E-state index in [1.54, 1.807) is 6.07 Å². The molecule has 0 aliphatic heterocycles. The molecule has 1 heterocycles. The van der Waals surface area contributed by atoms with Gasteiger partial charge >= 0.3 is 0 Å². The van der Waals surface area contributed by atoms with Crippen molar-refractivity contribution in [3.05, 3.63) is 41.3 Å². The Labute approximate surface area is 129 Å². The number of ether oxygens (including phenoxy) is 2. The molecule has 3 rings (SSSR count). The maximum atomic E-state index is 6.02. The summed E-state index contributed by atoms with van der Waals surface area (Å²) < 4.78 is 11.3. The molecule has 0 amide bonds. The summed E-state index contributed by atoms with van der Waals surface area (Å²) in [7, 11) is 0. The number of halogens is 1. The predicted molar refractivity (Wildman–Crippen MR) is 81.3 cm³/mol. The molecule has 4 nitrogen and oxygen atoms in total. The second-order valence-corrected chi connectivity index (χ2v) is 5.47. The highest BCUT2D eigenvalue weighted by molar-refractivity contribution is 6.29. The highest BCUT2D eigenvalue weighted by Gasteiger charge is 2.27. The molecule has 0 radical (unpaired) electrons. The molecule has 1 aromatic carbocycles. The van der Waals surface area contributed by atoms with Gasteiger partial charge in [0.2, 0.25) is 5.88 Å². The molecule has 0 bridgehead atoms. The first kappa shape index (κ1) is 14.1. The number of rotatable bonds is 6. The summed E-state index contributed by atoms with van der Waals surface area (Å²) in [6, 6.07) is 9.12. The molecule has 110 valence electrons. The van der Waals surface area contributed by atoms with E-state index in [2.05, 4.69) is 16.9 Å². The van der Waals surface area contributed by atoms with Gasteiger partial charge in [-0.1, -0.05) is 18.5 Å². The summed E-state index contributed by atoms with van der Waals surface area (Å²) in [5.74, 6) is 3.24. The highest BCUT2D eigenvalue weighted by atomic mass is 35.5. The molecule has 5 heteroatoms. The lowest BCUT2D eigenvalue weighted by atomic mass is 10.3. The first-order valence-corrected chi connectivity index (χ1v) is 7.57. The summed E-state index contributed by atoms with van der Waals surface area (Å²) in [6.45, 7) is 2.79. The summed E-state index contributed by atoms with van der Waals surface area (Å²) in [5.41, 5.74) is 0. The van der Waals surface area contributed by atoms with Crippen molar-refractivity contribution in [1.29, 1.82) is 0 Å². The van der Waals surface area contributed by atoms with Crippen molar-refractivity contribution in [3.8, 4) is 17.4 Å². The highest BCUT2D eigenvalue weighted by Crippen LogP contribution is 2.39. The topological polar surface area (TPSA) is 44.2 Å². The van der Waals surface area contributed by atoms with Crippen molar-refractivity contribution in [3.63, 3.8) is 0 Å². The molecule has 1 aliphatic carbocycles. The molecular formula is C16H17ClN2O2. The molecule has 0 saturated heterocycles. The van der Waals surface area contributed by atoms with Gasteiger partial charge in [-0.25, -0.2) is 4.98 Å². The average Bonchev–Trinajstić information content (AvgIpc) is 3.30. The van der Waals surface area contributed by atoms with Crippen molar-refractivity contribution in [2.24, 2.45) is 0 Å². The standard InChI is InChI=1S/C16H17ClN2O2/c1-2-9-20-12-5-7-13(8-6-12)21-15-10-14(17)18-16(19-15)11-3-4-11/h5-8,10-11H,2-4,9H2,1H3. The zero-order valence-electron chi connectivity index (χ0n) is 11.9. The third-order valence-corrected chi connectivity index (χ3v) is 3.34. The largest absolute Gasteiger partial charge is 0.494 e. The molecule has 0 atom stereocenters. The molecule has 1 aliphatic rings. The Hall–Kier alpha value is -1.81. The monoisotopic (exact) mass is 304 g/mol. The molecule has 0 unspecified atom stereocenters. The van der Waals surface area contributed by atoms with E-state index in [-0.39, 0.29) is 0 Å². The number of hydrogen-bond donors (Lipinski definition) is 0. The van der Waals surface area contributed by atoms with Crippen LogP contribution < -0.4 is 9.47 Å². The molecule has 0 N–H and O–H groups in total. The van der Waals surface area contributed by atoms with E-state index in [1.165, 1.54) is 0 Å². The number of aromatic nitrogens is 2. The number of nitrogens with zero attached hydrogens (tertiary/aromatic N) is 2. The lowest BCUT2D eigenvalue weighted by Gasteiger charge is -2.08. The van der Waals surface area contributed by atoms with Gasteiger partial charge in [0.1, 0.15) is 22.5 Å². The van der Waals surface area contributed by atoms with E-state index >= 15 is 0 Å². The van der Waals surface area contributed by atoms with E-state index in [0.717, 1.165) is 30.8 Å². The van der Waals surface area contributed by atoms with Gasteiger partial charge in [-0.05, 0) is 43.5 Å². The zero-order valence-corrected chi connectivity index (χ0v) is 12.6. The van der Waals surface area contributed by atoms with Crippen LogP contribution in [0.1, 0.15) is 37.9 Å². The molecular weight excluding hydrogens is 288 g/mol. The van der Waals surface area contributed by atoms with Gasteiger partial charge < -0.3 is 9.47 Å². The van der Waals surface area contributed by atoms with Gasteiger partial charge in [0.25, 0.3) is 0 Å². The van der Waals surface area contributed by atoms with E-state index in [1.807, 2.05) is 24.3 Å². The van der Waals surface area contributed by atoms with Crippen LogP contribution in [0.2, 0.25) is 5.15 Å². The van der Waals surface area contributed by atoms with Gasteiger partial charge in [-0.2, -0.15) is 4.98 Å². The Morgan fingerprint density at radius 3 is 2.52 bits per heavy atom. The van der Waals surface area contributed by atoms with E-state index in [9.17, 15) is 0 Å². The van der Waals surface area contributed by atoms with E-state index in [4.69, 9.17) is 21.1 Å². The number of hydrogen-bond acceptors (Lipinski definition) is 4. The fourth-order valence-electron chi connectivity index (χ4n) is 1.93. The Bertz CT molecular complexity index is 612. The van der Waals surface area contributed by atoms with Crippen LogP contribution in [0.5, 0.6) is 17.4 Å². The summed E-state index contributed by atoms with van der Waals surface area (Å²) in [5, 5.41) is 0.421. The smallest absolute Gasteiger partial charge is 0.224 e. The lowest BCUT2D eigenvalue weighted by molar-refractivity contribution is 0.317. The Kier molecular flexibility index (Phi) is 4.25. The van der Waals surface area contributed by atoms with Gasteiger partial charge in [-0.15, -0.1) is 0 Å². The first-order chi connectivity index (χ1) is 10.2. The van der Waals surface area contributed by atoms with Crippen molar-refractivity contribution in [2.45, 2.75) is 32.1 Å². The quantitative estimate of drug-likeness (QED) is 0.732. The maximum Gasteiger partial charge on any atom is 0.224 e. The SMILES string of the molecule is CCCOc1ccc(Oc2cc(Cl)nc(C3CC3)n2)cc1. The van der Waals surface area contributed by atoms with E-state index < -0.39 is 0 Å². The summed E-state index contributed by atoms with van der Waals surface area (Å²) >= 11 is 6.02. The van der Waals surface area contributed by atoms with Crippen LogP contribution >= 0.6 is 11.6 Å². The number of benzene rings is 1. The van der Waals surface area contributed by atoms with Crippen LogP contribution in [0.25, 0.3) is 0 Å². The minimum Gasteiger partial charge on any atom is -0.494 e. The average molecular weight is 305 g/mol. The lowest BCUT2D eigenvalue weighted by Crippen LogP contribution is -1.97. The van der Waals surface area contributed by atoms with Crippen LogP contribution in [0, 0.1) is 0 Å². The molecule has 2 aromatic rings. The van der Waals surface area contributed by atoms with E-state index in [0.29, 0.717) is 29.3 Å². The van der Waals surface area contributed by atoms with Crippen LogP contribution in [-0.4, -0.2) is 16.6 Å². The van der Waals surface area contributed by atoms with Gasteiger partial charge in [-0.3, -0.25) is 0 Å². The minimum atomic E-state index is 0.421. The molecule has 0 spiro atoms. The third kappa shape index (κ3) is 3.85. The van der Waals surface area contributed by atoms with Crippen molar-refractivity contribution < 1.29 is 9.47 Å². The van der Waals surface area contributed by atoms with Crippen LogP contribution in [0.3, 0.4) is 0 Å². The fraction of sp³-hybridized carbons (Fsp3) is 0.375. The summed E-state index contributed by atoms with van der Waals surface area (Å²) in [4.78, 5) is 8.65. The Morgan fingerprint density at radius 2 is 1.86 bits per heavy atom. The predicted octanol–water partition coefficient (Wildman–Crippen LogP) is 4.59. The Balaban J connectivity index is 1.70. The van der Waals surface area contributed by atoms with Crippen LogP contribution in [0.15, 0.2) is 30.3 Å². The molecule has 1 saturated carbocycles. The summed E-state index contributed by atoms with van der Waals surface area (Å²) in [6.07, 6.45) is 3.24. The van der Waals surface area contributed by atoms with Crippen molar-refractivity contribution in [2.75, 3.05) is 6.61 Å². The van der Waals surface area contributed by atoms with Crippen molar-refractivity contribution >= 4 is 11.6 Å². The normalized spacial score (nSPS) is 14.0. The molecule has 1 fully saturated rings. The molecule has 1 aromatic heterocycles. The fourth-order valence-corrected chi connectivity index (χ4v) is 2.11. The van der Waals surface area contributed by atoms with Gasteiger partial charge in [0, 0.05) is 12.0 Å². The van der Waals surface area contributed by atoms with Gasteiger partial charge in [0.05, 0.1) is 6.61 Å². The first-order valence-electron chi connectivity index (χ1n) is 7.20. The van der Waals surface area contributed by atoms with Gasteiger partial charge in [0.15, 0.2) is 0 Å². The second-order valence-electron chi connectivity index (χ2n) is 5.08. The maximum absolute atomic E-state index is 6.02. The zero-order chi connectivity index (χ0) is 14.7. The minimum absolute atomic E-state index is 0.421. The van der Waals surface area contributed by atoms with Crippen LogP contribution in [0.4, 0.5) is 0 Å². The second kappa shape index (κ2) is 6.31. The molecule has 21 heavy (non-hydrogen) atoms. The van der Waals surface area contributed by atoms with Crippen LogP contribution in [-0.2, 0) is 0 Å². The Morgan fingerprint density at radius 1 is 1.14 bits per heavy atom. The van der Waals surface area contributed by atoms with Crippen molar-refractivity contribution in [1.82, 2.24) is 9.97 Å².